The van der Waals surface area contributed by atoms with Gasteiger partial charge in [-0.05, 0) is 31.0 Å². The predicted molar refractivity (Wildman–Crippen MR) is 73.7 cm³/mol. The van der Waals surface area contributed by atoms with Crippen molar-refractivity contribution in [2.45, 2.75) is 26.7 Å². The molecule has 0 spiro atoms. The minimum absolute atomic E-state index is 0.0133. The van der Waals surface area contributed by atoms with Crippen LogP contribution in [0.1, 0.15) is 26.7 Å². The maximum atomic E-state index is 11.7. The zero-order chi connectivity index (χ0) is 13.4. The molecular formula is C14H22N2O2. The van der Waals surface area contributed by atoms with Crippen LogP contribution < -0.4 is 15.8 Å². The van der Waals surface area contributed by atoms with Crippen molar-refractivity contribution in [1.29, 1.82) is 0 Å². The summed E-state index contributed by atoms with van der Waals surface area (Å²) < 4.78 is 5.51. The highest BCUT2D eigenvalue weighted by Gasteiger charge is 2.08. The van der Waals surface area contributed by atoms with Crippen LogP contribution in [0.15, 0.2) is 24.3 Å². The molecule has 4 heteroatoms. The van der Waals surface area contributed by atoms with Crippen LogP contribution in [0, 0.1) is 5.92 Å². The molecule has 0 saturated heterocycles. The topological polar surface area (TPSA) is 64.3 Å². The van der Waals surface area contributed by atoms with Crippen molar-refractivity contribution in [3.05, 3.63) is 24.3 Å². The van der Waals surface area contributed by atoms with Crippen molar-refractivity contribution >= 4 is 11.6 Å². The van der Waals surface area contributed by atoms with Crippen LogP contribution in [0.4, 0.5) is 5.69 Å². The summed E-state index contributed by atoms with van der Waals surface area (Å²) in [4.78, 5) is 11.7. The first-order valence-corrected chi connectivity index (χ1v) is 6.38. The molecule has 0 aromatic heterocycles. The van der Waals surface area contributed by atoms with Crippen molar-refractivity contribution in [2.75, 3.05) is 18.5 Å². The third-order valence-electron chi connectivity index (χ3n) is 2.53. The average Bonchev–Trinajstić information content (AvgIpc) is 2.36. The first kappa shape index (κ1) is 14.5. The van der Waals surface area contributed by atoms with Crippen molar-refractivity contribution in [3.63, 3.8) is 0 Å². The zero-order valence-electron chi connectivity index (χ0n) is 11.1. The number of nitrogens with two attached hydrogens (primary N) is 1. The fourth-order valence-corrected chi connectivity index (χ4v) is 1.50. The second-order valence-electron chi connectivity index (χ2n) is 4.47. The quantitative estimate of drug-likeness (QED) is 0.781. The lowest BCUT2D eigenvalue weighted by molar-refractivity contribution is -0.116. The molecule has 0 aliphatic heterocycles. The Balaban J connectivity index is 2.53. The molecule has 18 heavy (non-hydrogen) atoms. The summed E-state index contributed by atoms with van der Waals surface area (Å²) in [5, 5.41) is 2.85. The Morgan fingerprint density at radius 3 is 2.94 bits per heavy atom. The van der Waals surface area contributed by atoms with Gasteiger partial charge < -0.3 is 15.8 Å². The molecule has 3 N–H and O–H groups in total. The number of hydrogen-bond acceptors (Lipinski definition) is 3. The van der Waals surface area contributed by atoms with E-state index < -0.39 is 0 Å². The molecule has 1 unspecified atom stereocenters. The monoisotopic (exact) mass is 250 g/mol. The first-order valence-electron chi connectivity index (χ1n) is 6.38. The highest BCUT2D eigenvalue weighted by Crippen LogP contribution is 2.18. The fourth-order valence-electron chi connectivity index (χ4n) is 1.50. The van der Waals surface area contributed by atoms with Crippen LogP contribution in [0.2, 0.25) is 0 Å². The minimum Gasteiger partial charge on any atom is -0.494 e. The number of carbonyl (C=O) groups excluding carboxylic acids is 1. The van der Waals surface area contributed by atoms with Gasteiger partial charge in [0.1, 0.15) is 5.75 Å². The van der Waals surface area contributed by atoms with Gasteiger partial charge in [0, 0.05) is 18.2 Å². The number of amides is 1. The third-order valence-corrected chi connectivity index (χ3v) is 2.53. The van der Waals surface area contributed by atoms with Gasteiger partial charge in [0.05, 0.1) is 6.61 Å². The Morgan fingerprint density at radius 2 is 2.28 bits per heavy atom. The van der Waals surface area contributed by atoms with E-state index in [9.17, 15) is 4.79 Å². The summed E-state index contributed by atoms with van der Waals surface area (Å²) in [5.74, 6) is 0.964. The number of benzene rings is 1. The molecule has 0 aliphatic carbocycles. The van der Waals surface area contributed by atoms with Gasteiger partial charge in [-0.2, -0.15) is 0 Å². The van der Waals surface area contributed by atoms with Gasteiger partial charge >= 0.3 is 0 Å². The van der Waals surface area contributed by atoms with Crippen molar-refractivity contribution in [1.82, 2.24) is 0 Å². The summed E-state index contributed by atoms with van der Waals surface area (Å²) in [6.45, 7) is 5.22. The lowest BCUT2D eigenvalue weighted by Crippen LogP contribution is -2.20. The molecule has 4 nitrogen and oxygen atoms in total. The summed E-state index contributed by atoms with van der Waals surface area (Å²) in [6.07, 6.45) is 1.40. The van der Waals surface area contributed by atoms with Crippen LogP contribution in [0.3, 0.4) is 0 Å². The molecule has 0 heterocycles. The normalized spacial score (nSPS) is 11.9. The number of rotatable bonds is 7. The molecule has 100 valence electrons. The SMILES string of the molecule is CCCOc1cccc(NC(=O)CC(C)CN)c1. The van der Waals surface area contributed by atoms with E-state index in [-0.39, 0.29) is 11.8 Å². The number of anilines is 1. The summed E-state index contributed by atoms with van der Waals surface area (Å²) in [6, 6.07) is 7.44. The van der Waals surface area contributed by atoms with E-state index in [0.29, 0.717) is 19.6 Å². The van der Waals surface area contributed by atoms with E-state index in [1.807, 2.05) is 31.2 Å². The second-order valence-corrected chi connectivity index (χ2v) is 4.47. The molecule has 1 aromatic carbocycles. The van der Waals surface area contributed by atoms with E-state index in [2.05, 4.69) is 12.2 Å². The number of nitrogens with one attached hydrogen (secondary N) is 1. The van der Waals surface area contributed by atoms with Crippen molar-refractivity contribution < 1.29 is 9.53 Å². The molecule has 0 saturated carbocycles. The molecule has 1 aromatic rings. The van der Waals surface area contributed by atoms with Gasteiger partial charge in [0.15, 0.2) is 0 Å². The number of carbonyl (C=O) groups is 1. The van der Waals surface area contributed by atoms with Gasteiger partial charge in [0.2, 0.25) is 5.91 Å². The van der Waals surface area contributed by atoms with Gasteiger partial charge in [-0.15, -0.1) is 0 Å². The first-order chi connectivity index (χ1) is 8.65. The van der Waals surface area contributed by atoms with E-state index in [0.717, 1.165) is 17.9 Å². The van der Waals surface area contributed by atoms with E-state index in [4.69, 9.17) is 10.5 Å². The Labute approximate surface area is 109 Å². The van der Waals surface area contributed by atoms with Gasteiger partial charge in [-0.25, -0.2) is 0 Å². The van der Waals surface area contributed by atoms with Crippen LogP contribution in [-0.2, 0) is 4.79 Å². The van der Waals surface area contributed by atoms with Gasteiger partial charge in [-0.3, -0.25) is 4.79 Å². The highest BCUT2D eigenvalue weighted by atomic mass is 16.5. The van der Waals surface area contributed by atoms with E-state index in [1.165, 1.54) is 0 Å². The number of ether oxygens (including phenoxy) is 1. The largest absolute Gasteiger partial charge is 0.494 e. The third kappa shape index (κ3) is 5.19. The molecule has 0 fully saturated rings. The predicted octanol–water partition coefficient (Wildman–Crippen LogP) is 2.40. The summed E-state index contributed by atoms with van der Waals surface area (Å²) in [5.41, 5.74) is 6.25. The van der Waals surface area contributed by atoms with E-state index in [1.54, 1.807) is 0 Å². The van der Waals surface area contributed by atoms with Crippen LogP contribution in [0.25, 0.3) is 0 Å². The van der Waals surface area contributed by atoms with E-state index >= 15 is 0 Å². The molecule has 1 amide bonds. The smallest absolute Gasteiger partial charge is 0.224 e. The molecule has 1 rings (SSSR count). The molecular weight excluding hydrogens is 228 g/mol. The lowest BCUT2D eigenvalue weighted by Gasteiger charge is -2.10. The Bertz CT molecular complexity index is 380. The second kappa shape index (κ2) is 7.71. The molecule has 0 bridgehead atoms. The molecule has 0 radical (unpaired) electrons. The fraction of sp³-hybridized carbons (Fsp3) is 0.500. The van der Waals surface area contributed by atoms with Crippen LogP contribution >= 0.6 is 0 Å². The van der Waals surface area contributed by atoms with Gasteiger partial charge in [-0.1, -0.05) is 19.9 Å². The van der Waals surface area contributed by atoms with Gasteiger partial charge in [0.25, 0.3) is 0 Å². The summed E-state index contributed by atoms with van der Waals surface area (Å²) >= 11 is 0. The highest BCUT2D eigenvalue weighted by molar-refractivity contribution is 5.91. The summed E-state index contributed by atoms with van der Waals surface area (Å²) in [7, 11) is 0. The molecule has 1 atom stereocenters. The maximum Gasteiger partial charge on any atom is 0.224 e. The molecule has 0 aliphatic rings. The maximum absolute atomic E-state index is 11.7. The lowest BCUT2D eigenvalue weighted by atomic mass is 10.1. The Morgan fingerprint density at radius 1 is 1.50 bits per heavy atom. The zero-order valence-corrected chi connectivity index (χ0v) is 11.1. The minimum atomic E-state index is -0.0133. The van der Waals surface area contributed by atoms with Crippen LogP contribution in [0.5, 0.6) is 5.75 Å². The Hall–Kier alpha value is -1.55. The average molecular weight is 250 g/mol. The van der Waals surface area contributed by atoms with Crippen LogP contribution in [-0.4, -0.2) is 19.1 Å². The number of hydrogen-bond donors (Lipinski definition) is 2. The Kier molecular flexibility index (Phi) is 6.22. The van der Waals surface area contributed by atoms with Crippen molar-refractivity contribution in [2.24, 2.45) is 11.7 Å². The standard InChI is InChI=1S/C14H22N2O2/c1-3-7-18-13-6-4-5-12(9-13)16-14(17)8-11(2)10-15/h4-6,9,11H,3,7-8,10,15H2,1-2H3,(H,16,17). The van der Waals surface area contributed by atoms with Crippen molar-refractivity contribution in [3.8, 4) is 5.75 Å².